The summed E-state index contributed by atoms with van der Waals surface area (Å²) in [5.74, 6) is 9.60. The van der Waals surface area contributed by atoms with Gasteiger partial charge in [-0.05, 0) is 173 Å². The highest BCUT2D eigenvalue weighted by Crippen LogP contribution is 2.49. The highest BCUT2D eigenvalue weighted by atomic mass is 16.6. The fourth-order valence-electron chi connectivity index (χ4n) is 14.8. The molecule has 584 valence electrons. The summed E-state index contributed by atoms with van der Waals surface area (Å²) in [4.78, 5) is 0. The Hall–Kier alpha value is -11.2. The van der Waals surface area contributed by atoms with E-state index in [0.29, 0.717) is 125 Å². The molecule has 0 unspecified atom stereocenters. The Balaban J connectivity index is 0.445. The summed E-state index contributed by atoms with van der Waals surface area (Å²) in [5.41, 5.74) is 19.7. The van der Waals surface area contributed by atoms with E-state index in [-0.39, 0.29) is 0 Å². The number of hydrogen-bond donors (Lipinski definition) is 1. The fourth-order valence-corrected chi connectivity index (χ4v) is 14.8. The summed E-state index contributed by atoms with van der Waals surface area (Å²) in [5, 5.41) is 3.38. The topological polar surface area (TPSA) is 114 Å². The number of ether oxygens (including phenoxy) is 11. The smallest absolute Gasteiger partial charge is 0.125 e. The predicted octanol–water partition coefficient (Wildman–Crippen LogP) is 20.4. The van der Waals surface area contributed by atoms with Crippen LogP contribution in [0.15, 0.2) is 309 Å². The second kappa shape index (κ2) is 44.3. The fraction of sp³-hybridized carbons (Fsp3) is 0.265. The largest absolute Gasteiger partial charge is 0.491 e. The SMILES string of the molecule is Cc1cc(C(c2ccccc2)(c2ccccc2)c2ccccc2)cc(C)c1OCCOCCOCCOc1ccc(-c2ccc(-c3ccc(NCC#CCOCCOCCOCCOCCOCCCc4ccc(OCCOc5c(C)cc(C(c6ccccc6)(c6ccccc6)c6ccccc6)cc5C)cc4)cc3)cc[cH+]2)cc1. The molecule has 0 atom stereocenters. The second-order valence-corrected chi connectivity index (χ2v) is 28.0. The van der Waals surface area contributed by atoms with Gasteiger partial charge in [-0.2, -0.15) is 0 Å². The summed E-state index contributed by atoms with van der Waals surface area (Å²) in [7, 11) is 0. The van der Waals surface area contributed by atoms with Crippen molar-refractivity contribution >= 4 is 5.69 Å². The van der Waals surface area contributed by atoms with Gasteiger partial charge in [0.25, 0.3) is 0 Å². The Morgan fingerprint density at radius 1 is 0.289 bits per heavy atom. The Morgan fingerprint density at radius 2 is 0.614 bits per heavy atom. The quantitative estimate of drug-likeness (QED) is 0.0170. The predicted molar refractivity (Wildman–Crippen MR) is 459 cm³/mol. The minimum atomic E-state index is -0.516. The lowest BCUT2D eigenvalue weighted by molar-refractivity contribution is -0.00925. The monoisotopic (exact) mass is 1520 g/mol. The van der Waals surface area contributed by atoms with E-state index in [0.717, 1.165) is 86.0 Å². The van der Waals surface area contributed by atoms with Gasteiger partial charge in [0, 0.05) is 42.1 Å². The van der Waals surface area contributed by atoms with E-state index in [2.05, 4.69) is 330 Å². The molecule has 12 aromatic carbocycles. The van der Waals surface area contributed by atoms with Crippen molar-refractivity contribution in [2.45, 2.75) is 51.4 Å². The number of nitrogens with one attached hydrogen (secondary N) is 1. The molecule has 0 bridgehead atoms. The standard InChI is InChI=1S/C102H106NO11/c1-79-75-94(101(88-30-11-5-12-31-88,89-32-13-6-14-33-89)90-34-15-7-16-35-90)76-80(2)99(79)113-72-70-110-68-67-109-69-71-111-98-54-48-87(49-55-98)85-29-25-28-84(44-45-85)86-46-50-96(51-47-86)103-56-23-24-57-104-59-61-106-63-65-108-66-64-107-62-60-105-58-26-27-83-42-52-97(53-43-83)112-73-74-114-100-81(3)77-95(78-82(100)4)102(91-36-17-8-18-37-91,92-38-19-9-20-39-92)93-40-21-10-22-41-93/h5-22,25,28-55,75-78,103H,26-27,56-74H2,1-4H3/q+1. The molecule has 0 radical (unpaired) electrons. The molecule has 1 N–H and O–H groups in total. The summed E-state index contributed by atoms with van der Waals surface area (Å²) < 4.78 is 65.2. The van der Waals surface area contributed by atoms with Gasteiger partial charge in [0.05, 0.1) is 102 Å². The van der Waals surface area contributed by atoms with Gasteiger partial charge < -0.3 is 57.4 Å². The molecule has 0 aliphatic rings. The molecule has 0 aliphatic carbocycles. The average Bonchev–Trinajstić information content (AvgIpc) is 0.760. The lowest BCUT2D eigenvalue weighted by Gasteiger charge is -2.37. The van der Waals surface area contributed by atoms with Crippen LogP contribution >= 0.6 is 0 Å². The van der Waals surface area contributed by atoms with Gasteiger partial charge in [0.15, 0.2) is 0 Å². The first kappa shape index (κ1) is 82.3. The lowest BCUT2D eigenvalue weighted by atomic mass is 9.64. The highest BCUT2D eigenvalue weighted by Gasteiger charge is 2.40. The molecule has 0 heterocycles. The molecule has 12 heteroatoms. The summed E-state index contributed by atoms with van der Waals surface area (Å²) >= 11 is 0. The normalized spacial score (nSPS) is 11.4. The van der Waals surface area contributed by atoms with Crippen LogP contribution in [-0.4, -0.2) is 125 Å². The third-order valence-electron chi connectivity index (χ3n) is 20.2. The molecular weight excluding hydrogens is 1420 g/mol. The first-order chi connectivity index (χ1) is 56.3. The maximum atomic E-state index is 6.42. The van der Waals surface area contributed by atoms with Crippen molar-refractivity contribution < 1.29 is 52.1 Å². The van der Waals surface area contributed by atoms with Crippen molar-refractivity contribution in [3.8, 4) is 57.1 Å². The van der Waals surface area contributed by atoms with Crippen LogP contribution in [0, 0.1) is 39.5 Å². The van der Waals surface area contributed by atoms with E-state index in [9.17, 15) is 0 Å². The third-order valence-corrected chi connectivity index (χ3v) is 20.2. The van der Waals surface area contributed by atoms with Crippen LogP contribution in [0.1, 0.15) is 78.7 Å². The molecule has 0 spiro atoms. The molecule has 0 saturated heterocycles. The van der Waals surface area contributed by atoms with E-state index in [1.807, 2.05) is 24.3 Å². The van der Waals surface area contributed by atoms with E-state index >= 15 is 0 Å². The van der Waals surface area contributed by atoms with Crippen LogP contribution in [0.2, 0.25) is 0 Å². The molecular formula is C102H106NO11+. The maximum Gasteiger partial charge on any atom is 0.125 e. The second-order valence-electron chi connectivity index (χ2n) is 28.0. The van der Waals surface area contributed by atoms with Crippen molar-refractivity contribution in [2.75, 3.05) is 131 Å². The van der Waals surface area contributed by atoms with Gasteiger partial charge in [0.2, 0.25) is 0 Å². The molecule has 0 aliphatic heterocycles. The van der Waals surface area contributed by atoms with Crippen molar-refractivity contribution in [3.63, 3.8) is 0 Å². The van der Waals surface area contributed by atoms with Crippen LogP contribution in [0.25, 0.3) is 22.3 Å². The minimum absolute atomic E-state index is 0.337. The van der Waals surface area contributed by atoms with E-state index in [1.165, 1.54) is 50.1 Å². The van der Waals surface area contributed by atoms with Crippen LogP contribution in [0.3, 0.4) is 0 Å². The van der Waals surface area contributed by atoms with Gasteiger partial charge in [-0.3, -0.25) is 0 Å². The Labute approximate surface area is 674 Å². The molecule has 0 fully saturated rings. The first-order valence-corrected chi connectivity index (χ1v) is 39.8. The maximum absolute atomic E-state index is 6.42. The summed E-state index contributed by atoms with van der Waals surface area (Å²) in [6.07, 6.45) is 1.83. The molecule has 12 aromatic rings. The summed E-state index contributed by atoms with van der Waals surface area (Å²) in [6.45, 7) is 17.6. The minimum Gasteiger partial charge on any atom is -0.491 e. The van der Waals surface area contributed by atoms with Crippen LogP contribution in [-0.2, 0) is 50.4 Å². The number of benzene rings is 11. The molecule has 12 rings (SSSR count). The molecule has 12 nitrogen and oxygen atoms in total. The molecule has 0 saturated carbocycles. The zero-order valence-corrected chi connectivity index (χ0v) is 66.3. The van der Waals surface area contributed by atoms with Crippen LogP contribution < -0.4 is 24.3 Å². The van der Waals surface area contributed by atoms with Gasteiger partial charge in [-0.25, -0.2) is 0 Å². The van der Waals surface area contributed by atoms with Crippen molar-refractivity contribution in [1.82, 2.24) is 0 Å². The van der Waals surface area contributed by atoms with E-state index in [1.54, 1.807) is 0 Å². The van der Waals surface area contributed by atoms with Gasteiger partial charge in [-0.15, -0.1) is 0 Å². The van der Waals surface area contributed by atoms with Crippen LogP contribution in [0.5, 0.6) is 23.0 Å². The average molecular weight is 1520 g/mol. The Kier molecular flexibility index (Phi) is 32.0. The lowest BCUT2D eigenvalue weighted by Crippen LogP contribution is -2.31. The number of rotatable bonds is 45. The van der Waals surface area contributed by atoms with Gasteiger partial charge in [0.1, 0.15) is 61.6 Å². The van der Waals surface area contributed by atoms with E-state index in [4.69, 9.17) is 52.1 Å². The Morgan fingerprint density at radius 3 is 1.03 bits per heavy atom. The number of hydrogen-bond acceptors (Lipinski definition) is 12. The first-order valence-electron chi connectivity index (χ1n) is 39.8. The Bertz CT molecular complexity index is 4640. The molecule has 114 heavy (non-hydrogen) atoms. The highest BCUT2D eigenvalue weighted by molar-refractivity contribution is 5.71. The number of anilines is 1. The van der Waals surface area contributed by atoms with Crippen molar-refractivity contribution in [1.29, 1.82) is 0 Å². The zero-order valence-electron chi connectivity index (χ0n) is 66.3. The number of aryl methyl sites for hydroxylation is 5. The van der Waals surface area contributed by atoms with E-state index < -0.39 is 10.8 Å². The summed E-state index contributed by atoms with van der Waals surface area (Å²) in [6, 6.07) is 109. The molecule has 0 amide bonds. The van der Waals surface area contributed by atoms with Gasteiger partial charge >= 0.3 is 0 Å². The molecule has 0 aromatic heterocycles. The zero-order chi connectivity index (χ0) is 78.5. The third kappa shape index (κ3) is 22.8. The van der Waals surface area contributed by atoms with Gasteiger partial charge in [-0.1, -0.05) is 242 Å². The van der Waals surface area contributed by atoms with Crippen molar-refractivity contribution in [2.24, 2.45) is 0 Å². The van der Waals surface area contributed by atoms with Crippen LogP contribution in [0.4, 0.5) is 5.69 Å². The van der Waals surface area contributed by atoms with Crippen molar-refractivity contribution in [3.05, 3.63) is 382 Å².